The lowest BCUT2D eigenvalue weighted by Crippen LogP contribution is -2.23. The minimum absolute atomic E-state index is 0.0780. The van der Waals surface area contributed by atoms with E-state index in [9.17, 15) is 4.79 Å². The summed E-state index contributed by atoms with van der Waals surface area (Å²) in [5.41, 5.74) is 3.65. The molecule has 1 aromatic heterocycles. The lowest BCUT2D eigenvalue weighted by Gasteiger charge is -2.15. The van der Waals surface area contributed by atoms with Gasteiger partial charge in [0.05, 0.1) is 22.5 Å². The molecule has 0 saturated carbocycles. The zero-order valence-corrected chi connectivity index (χ0v) is 19.5. The van der Waals surface area contributed by atoms with Gasteiger partial charge in [-0.25, -0.2) is 0 Å². The van der Waals surface area contributed by atoms with E-state index in [0.717, 1.165) is 28.3 Å². The maximum absolute atomic E-state index is 12.7. The van der Waals surface area contributed by atoms with E-state index in [1.807, 2.05) is 50.6 Å². The lowest BCUT2D eigenvalue weighted by molar-refractivity contribution is -0.115. The average molecular weight is 464 g/mol. The Labute approximate surface area is 190 Å². The van der Waals surface area contributed by atoms with Gasteiger partial charge in [0.1, 0.15) is 0 Å². The Hall–Kier alpha value is -2.22. The molecule has 9 heteroatoms. The van der Waals surface area contributed by atoms with Crippen molar-refractivity contribution in [2.45, 2.75) is 37.7 Å². The van der Waals surface area contributed by atoms with Crippen molar-refractivity contribution in [2.24, 2.45) is 7.05 Å². The monoisotopic (exact) mass is 463 g/mol. The van der Waals surface area contributed by atoms with E-state index in [2.05, 4.69) is 20.8 Å². The number of aromatic nitrogens is 3. The number of rotatable bonds is 7. The number of thioether (sulfide) groups is 1. The molecule has 2 N–H and O–H groups in total. The highest BCUT2D eigenvalue weighted by Crippen LogP contribution is 2.27. The molecule has 1 unspecified atom stereocenters. The van der Waals surface area contributed by atoms with Crippen LogP contribution in [0.4, 0.5) is 11.4 Å². The topological polar surface area (TPSA) is 71.8 Å². The molecule has 1 heterocycles. The predicted molar refractivity (Wildman–Crippen MR) is 125 cm³/mol. The molecule has 0 radical (unpaired) electrons. The Morgan fingerprint density at radius 1 is 1.17 bits per heavy atom. The molecular weight excluding hydrogens is 441 g/mol. The van der Waals surface area contributed by atoms with Gasteiger partial charge < -0.3 is 15.2 Å². The Bertz CT molecular complexity index is 1050. The van der Waals surface area contributed by atoms with E-state index in [1.54, 1.807) is 18.2 Å². The van der Waals surface area contributed by atoms with Crippen LogP contribution in [0.5, 0.6) is 0 Å². The predicted octanol–water partition coefficient (Wildman–Crippen LogP) is 5.47. The van der Waals surface area contributed by atoms with Crippen LogP contribution in [0.15, 0.2) is 41.6 Å². The van der Waals surface area contributed by atoms with Crippen molar-refractivity contribution in [3.8, 4) is 0 Å². The Balaban J connectivity index is 1.64. The summed E-state index contributed by atoms with van der Waals surface area (Å²) in [6.45, 7) is 6.24. The van der Waals surface area contributed by atoms with Gasteiger partial charge in [-0.15, -0.1) is 10.2 Å². The number of benzene rings is 2. The highest BCUT2D eigenvalue weighted by atomic mass is 35.5. The van der Waals surface area contributed by atoms with Crippen molar-refractivity contribution in [3.63, 3.8) is 0 Å². The number of nitrogens with zero attached hydrogens (tertiary/aromatic N) is 3. The summed E-state index contributed by atoms with van der Waals surface area (Å²) >= 11 is 13.6. The second kappa shape index (κ2) is 9.73. The van der Waals surface area contributed by atoms with E-state index in [4.69, 9.17) is 23.2 Å². The van der Waals surface area contributed by atoms with Gasteiger partial charge in [0, 0.05) is 17.8 Å². The molecule has 0 spiro atoms. The number of nitrogens with one attached hydrogen (secondary N) is 2. The SMILES string of the molecule is Cc1cccc(C)c1NC(=O)C(C)Sc1nnc(CNc2cc(Cl)ccc2Cl)n1C. The smallest absolute Gasteiger partial charge is 0.237 e. The van der Waals surface area contributed by atoms with Crippen LogP contribution in [0.25, 0.3) is 0 Å². The zero-order valence-electron chi connectivity index (χ0n) is 17.2. The van der Waals surface area contributed by atoms with Crippen LogP contribution in [-0.4, -0.2) is 25.9 Å². The minimum atomic E-state index is -0.338. The maximum atomic E-state index is 12.7. The zero-order chi connectivity index (χ0) is 21.8. The highest BCUT2D eigenvalue weighted by Gasteiger charge is 2.20. The first-order valence-corrected chi connectivity index (χ1v) is 11.0. The molecule has 30 heavy (non-hydrogen) atoms. The highest BCUT2D eigenvalue weighted by molar-refractivity contribution is 8.00. The third-order valence-electron chi connectivity index (χ3n) is 4.67. The van der Waals surface area contributed by atoms with E-state index < -0.39 is 0 Å². The van der Waals surface area contributed by atoms with E-state index in [0.29, 0.717) is 21.7 Å². The van der Waals surface area contributed by atoms with Crippen LogP contribution >= 0.6 is 35.0 Å². The number of carbonyl (C=O) groups excluding carboxylic acids is 1. The van der Waals surface area contributed by atoms with Gasteiger partial charge in [0.25, 0.3) is 0 Å². The molecule has 0 aliphatic carbocycles. The van der Waals surface area contributed by atoms with Crippen LogP contribution < -0.4 is 10.6 Å². The van der Waals surface area contributed by atoms with Crippen LogP contribution in [0.1, 0.15) is 23.9 Å². The number of amides is 1. The number of anilines is 2. The summed E-state index contributed by atoms with van der Waals surface area (Å²) in [5, 5.41) is 16.2. The molecule has 0 bridgehead atoms. The maximum Gasteiger partial charge on any atom is 0.237 e. The number of aryl methyl sites for hydroxylation is 2. The molecule has 2 aromatic carbocycles. The normalized spacial score (nSPS) is 11.9. The number of halogens is 2. The fourth-order valence-corrected chi connectivity index (χ4v) is 4.05. The molecule has 6 nitrogen and oxygen atoms in total. The molecule has 0 saturated heterocycles. The van der Waals surface area contributed by atoms with Gasteiger partial charge in [-0.1, -0.05) is 53.2 Å². The molecule has 1 amide bonds. The van der Waals surface area contributed by atoms with E-state index in [-0.39, 0.29) is 11.2 Å². The summed E-state index contributed by atoms with van der Waals surface area (Å²) in [6, 6.07) is 11.2. The molecule has 0 fully saturated rings. The Kier molecular flexibility index (Phi) is 7.28. The van der Waals surface area contributed by atoms with Crippen molar-refractivity contribution >= 4 is 52.2 Å². The van der Waals surface area contributed by atoms with E-state index >= 15 is 0 Å². The van der Waals surface area contributed by atoms with Gasteiger partial charge in [-0.05, 0) is 50.1 Å². The summed E-state index contributed by atoms with van der Waals surface area (Å²) in [7, 11) is 1.87. The first-order chi connectivity index (χ1) is 14.3. The van der Waals surface area contributed by atoms with Crippen molar-refractivity contribution < 1.29 is 4.79 Å². The number of hydrogen-bond acceptors (Lipinski definition) is 5. The second-order valence-corrected chi connectivity index (χ2v) is 9.10. The molecule has 3 aromatic rings. The van der Waals surface area contributed by atoms with Gasteiger partial charge >= 0.3 is 0 Å². The Morgan fingerprint density at radius 2 is 1.87 bits per heavy atom. The number of para-hydroxylation sites is 1. The van der Waals surface area contributed by atoms with Crippen LogP contribution in [0, 0.1) is 13.8 Å². The van der Waals surface area contributed by atoms with Gasteiger partial charge in [-0.3, -0.25) is 4.79 Å². The van der Waals surface area contributed by atoms with Gasteiger partial charge in [-0.2, -0.15) is 0 Å². The first kappa shape index (κ1) is 22.5. The minimum Gasteiger partial charge on any atom is -0.376 e. The van der Waals surface area contributed by atoms with Crippen molar-refractivity contribution in [2.75, 3.05) is 10.6 Å². The van der Waals surface area contributed by atoms with Crippen molar-refractivity contribution in [1.82, 2.24) is 14.8 Å². The van der Waals surface area contributed by atoms with Crippen LogP contribution in [0.2, 0.25) is 10.0 Å². The molecule has 158 valence electrons. The fourth-order valence-electron chi connectivity index (χ4n) is 2.86. The molecule has 0 aliphatic heterocycles. The molecule has 1 atom stereocenters. The molecule has 3 rings (SSSR count). The van der Waals surface area contributed by atoms with Crippen LogP contribution in [0.3, 0.4) is 0 Å². The van der Waals surface area contributed by atoms with Crippen LogP contribution in [-0.2, 0) is 18.4 Å². The molecular formula is C21H23Cl2N5OS. The summed E-state index contributed by atoms with van der Waals surface area (Å²) in [4.78, 5) is 12.7. The number of hydrogen-bond donors (Lipinski definition) is 2. The fraction of sp³-hybridized carbons (Fsp3) is 0.286. The Morgan fingerprint density at radius 3 is 2.57 bits per heavy atom. The lowest BCUT2D eigenvalue weighted by atomic mass is 10.1. The third-order valence-corrected chi connectivity index (χ3v) is 6.37. The van der Waals surface area contributed by atoms with Crippen molar-refractivity contribution in [1.29, 1.82) is 0 Å². The first-order valence-electron chi connectivity index (χ1n) is 9.37. The second-order valence-electron chi connectivity index (χ2n) is 6.95. The summed E-state index contributed by atoms with van der Waals surface area (Å²) in [6.07, 6.45) is 0. The number of carbonyl (C=O) groups is 1. The molecule has 0 aliphatic rings. The summed E-state index contributed by atoms with van der Waals surface area (Å²) < 4.78 is 1.86. The standard InChI is InChI=1S/C21H23Cl2N5OS/c1-12-6-5-7-13(2)19(12)25-20(29)14(3)30-21-27-26-18(28(21)4)11-24-17-10-15(22)8-9-16(17)23/h5-10,14,24H,11H2,1-4H3,(H,25,29). The largest absolute Gasteiger partial charge is 0.376 e. The third kappa shape index (κ3) is 5.28. The van der Waals surface area contributed by atoms with Gasteiger partial charge in [0.15, 0.2) is 11.0 Å². The average Bonchev–Trinajstić information content (AvgIpc) is 3.05. The summed E-state index contributed by atoms with van der Waals surface area (Å²) in [5.74, 6) is 0.640. The van der Waals surface area contributed by atoms with E-state index in [1.165, 1.54) is 11.8 Å². The van der Waals surface area contributed by atoms with Gasteiger partial charge in [0.2, 0.25) is 5.91 Å². The quantitative estimate of drug-likeness (QED) is 0.454. The van der Waals surface area contributed by atoms with Crippen molar-refractivity contribution in [3.05, 3.63) is 63.4 Å².